The number of nitrogens with zero attached hydrogens (tertiary/aromatic N) is 1. The molecule has 0 aromatic heterocycles. The van der Waals surface area contributed by atoms with Gasteiger partial charge in [0.05, 0.1) is 0 Å². The molecule has 1 amide bonds. The second-order valence-corrected chi connectivity index (χ2v) is 5.29. The van der Waals surface area contributed by atoms with E-state index in [1.165, 1.54) is 0 Å². The molecule has 1 saturated heterocycles. The molecule has 5 heteroatoms. The van der Waals surface area contributed by atoms with Gasteiger partial charge in [0.1, 0.15) is 6.54 Å². The van der Waals surface area contributed by atoms with Crippen molar-refractivity contribution in [2.45, 2.75) is 33.2 Å². The number of nitrogens with one attached hydrogen (secondary N) is 2. The lowest BCUT2D eigenvalue weighted by Crippen LogP contribution is -2.32. The van der Waals surface area contributed by atoms with Crippen molar-refractivity contribution in [2.24, 2.45) is 10.9 Å². The van der Waals surface area contributed by atoms with Crippen molar-refractivity contribution in [3.05, 3.63) is 0 Å². The largest absolute Gasteiger partial charge is 0.361 e. The summed E-state index contributed by atoms with van der Waals surface area (Å²) in [5.41, 5.74) is 0. The summed E-state index contributed by atoms with van der Waals surface area (Å²) < 4.78 is 0. The van der Waals surface area contributed by atoms with Crippen LogP contribution in [0.5, 0.6) is 0 Å². The number of amidine groups is 1. The van der Waals surface area contributed by atoms with Crippen molar-refractivity contribution in [1.82, 2.24) is 10.6 Å². The molecular weight excluding hydrogens is 222 g/mol. The third kappa shape index (κ3) is 4.43. The minimum atomic E-state index is 0.00440. The molecule has 4 nitrogen and oxygen atoms in total. The van der Waals surface area contributed by atoms with Gasteiger partial charge in [-0.2, -0.15) is 0 Å². The van der Waals surface area contributed by atoms with Gasteiger partial charge in [-0.25, -0.2) is 0 Å². The SMILES string of the molecule is CCCNC(=O)CN=C1NC(C(C)C)CS1. The van der Waals surface area contributed by atoms with E-state index in [4.69, 9.17) is 0 Å². The second-order valence-electron chi connectivity index (χ2n) is 4.28. The van der Waals surface area contributed by atoms with Crippen LogP contribution in [0.15, 0.2) is 4.99 Å². The fourth-order valence-corrected chi connectivity index (χ4v) is 2.52. The zero-order valence-corrected chi connectivity index (χ0v) is 11.1. The van der Waals surface area contributed by atoms with Crippen LogP contribution in [-0.2, 0) is 4.79 Å². The summed E-state index contributed by atoms with van der Waals surface area (Å²) >= 11 is 1.70. The molecule has 0 radical (unpaired) electrons. The fourth-order valence-electron chi connectivity index (χ4n) is 1.32. The Labute approximate surface area is 102 Å². The minimum Gasteiger partial charge on any atom is -0.361 e. The van der Waals surface area contributed by atoms with Gasteiger partial charge in [-0.1, -0.05) is 32.5 Å². The molecule has 1 rings (SSSR count). The van der Waals surface area contributed by atoms with Crippen LogP contribution in [0.3, 0.4) is 0 Å². The quantitative estimate of drug-likeness (QED) is 0.763. The van der Waals surface area contributed by atoms with E-state index in [1.807, 2.05) is 6.92 Å². The number of carbonyl (C=O) groups is 1. The van der Waals surface area contributed by atoms with E-state index in [0.717, 1.165) is 23.9 Å². The van der Waals surface area contributed by atoms with Crippen LogP contribution in [0, 0.1) is 5.92 Å². The van der Waals surface area contributed by atoms with Gasteiger partial charge in [-0.3, -0.25) is 9.79 Å². The smallest absolute Gasteiger partial charge is 0.241 e. The number of hydrogen-bond donors (Lipinski definition) is 2. The molecule has 1 aliphatic heterocycles. The molecule has 0 spiro atoms. The summed E-state index contributed by atoms with van der Waals surface area (Å²) in [7, 11) is 0. The third-order valence-electron chi connectivity index (χ3n) is 2.45. The first kappa shape index (κ1) is 13.4. The van der Waals surface area contributed by atoms with Crippen molar-refractivity contribution in [2.75, 3.05) is 18.8 Å². The predicted octanol–water partition coefficient (Wildman–Crippen LogP) is 1.23. The van der Waals surface area contributed by atoms with E-state index in [9.17, 15) is 4.79 Å². The lowest BCUT2D eigenvalue weighted by Gasteiger charge is -2.13. The molecular formula is C11H21N3OS. The Balaban J connectivity index is 2.28. The maximum atomic E-state index is 11.3. The van der Waals surface area contributed by atoms with Crippen LogP contribution in [0.2, 0.25) is 0 Å². The molecule has 0 aliphatic carbocycles. The number of thioether (sulfide) groups is 1. The summed E-state index contributed by atoms with van der Waals surface area (Å²) in [6.07, 6.45) is 0.963. The topological polar surface area (TPSA) is 53.5 Å². The lowest BCUT2D eigenvalue weighted by atomic mass is 10.1. The average molecular weight is 243 g/mol. The van der Waals surface area contributed by atoms with Gasteiger partial charge in [-0.15, -0.1) is 0 Å². The number of hydrogen-bond acceptors (Lipinski definition) is 3. The van der Waals surface area contributed by atoms with Crippen LogP contribution in [0.1, 0.15) is 27.2 Å². The summed E-state index contributed by atoms with van der Waals surface area (Å²) in [6, 6.07) is 0.488. The van der Waals surface area contributed by atoms with Crippen LogP contribution in [0.4, 0.5) is 0 Å². The first-order valence-electron chi connectivity index (χ1n) is 5.84. The first-order valence-corrected chi connectivity index (χ1v) is 6.82. The molecule has 1 aliphatic rings. The van der Waals surface area contributed by atoms with Crippen molar-refractivity contribution in [1.29, 1.82) is 0 Å². The number of carbonyl (C=O) groups excluding carboxylic acids is 1. The van der Waals surface area contributed by atoms with E-state index in [1.54, 1.807) is 11.8 Å². The second kappa shape index (κ2) is 6.78. The Morgan fingerprint density at radius 1 is 1.69 bits per heavy atom. The molecule has 16 heavy (non-hydrogen) atoms. The van der Waals surface area contributed by atoms with E-state index >= 15 is 0 Å². The summed E-state index contributed by atoms with van der Waals surface area (Å²) in [5, 5.41) is 7.05. The third-order valence-corrected chi connectivity index (χ3v) is 3.50. The van der Waals surface area contributed by atoms with Crippen molar-refractivity contribution in [3.8, 4) is 0 Å². The monoisotopic (exact) mass is 243 g/mol. The first-order chi connectivity index (χ1) is 7.63. The van der Waals surface area contributed by atoms with E-state index in [2.05, 4.69) is 29.5 Å². The molecule has 1 atom stereocenters. The Kier molecular flexibility index (Phi) is 5.66. The fraction of sp³-hybridized carbons (Fsp3) is 0.818. The number of amides is 1. The maximum Gasteiger partial charge on any atom is 0.241 e. The van der Waals surface area contributed by atoms with Crippen LogP contribution in [-0.4, -0.2) is 36.0 Å². The van der Waals surface area contributed by atoms with E-state index in [0.29, 0.717) is 12.0 Å². The summed E-state index contributed by atoms with van der Waals surface area (Å²) in [4.78, 5) is 15.6. The molecule has 0 bridgehead atoms. The zero-order valence-electron chi connectivity index (χ0n) is 10.2. The minimum absolute atomic E-state index is 0.00440. The molecule has 2 N–H and O–H groups in total. The molecule has 1 unspecified atom stereocenters. The van der Waals surface area contributed by atoms with E-state index < -0.39 is 0 Å². The standard InChI is InChI=1S/C11H21N3OS/c1-4-5-12-10(15)6-13-11-14-9(7-16-11)8(2)3/h8-9H,4-7H2,1-3H3,(H,12,15)(H,13,14). The van der Waals surface area contributed by atoms with Crippen LogP contribution >= 0.6 is 11.8 Å². The number of aliphatic imine (C=N–C) groups is 1. The van der Waals surface area contributed by atoms with Gasteiger partial charge in [-0.05, 0) is 12.3 Å². The Morgan fingerprint density at radius 3 is 3.00 bits per heavy atom. The van der Waals surface area contributed by atoms with E-state index in [-0.39, 0.29) is 12.5 Å². The van der Waals surface area contributed by atoms with Crippen molar-refractivity contribution < 1.29 is 4.79 Å². The van der Waals surface area contributed by atoms with Gasteiger partial charge in [0.2, 0.25) is 5.91 Å². The highest BCUT2D eigenvalue weighted by molar-refractivity contribution is 8.14. The number of rotatable bonds is 5. The highest BCUT2D eigenvalue weighted by Crippen LogP contribution is 2.18. The summed E-state index contributed by atoms with van der Waals surface area (Å²) in [6.45, 7) is 7.39. The molecule has 1 fully saturated rings. The molecule has 0 aromatic carbocycles. The average Bonchev–Trinajstić information content (AvgIpc) is 2.72. The molecule has 0 aromatic rings. The predicted molar refractivity (Wildman–Crippen MR) is 69.8 cm³/mol. The highest BCUT2D eigenvalue weighted by atomic mass is 32.2. The van der Waals surface area contributed by atoms with Gasteiger partial charge >= 0.3 is 0 Å². The molecule has 1 heterocycles. The Morgan fingerprint density at radius 2 is 2.44 bits per heavy atom. The zero-order chi connectivity index (χ0) is 12.0. The van der Waals surface area contributed by atoms with Crippen molar-refractivity contribution >= 4 is 22.8 Å². The van der Waals surface area contributed by atoms with Gasteiger partial charge in [0, 0.05) is 18.3 Å². The van der Waals surface area contributed by atoms with Crippen molar-refractivity contribution in [3.63, 3.8) is 0 Å². The van der Waals surface area contributed by atoms with Gasteiger partial charge in [0.15, 0.2) is 5.17 Å². The Hall–Kier alpha value is -0.710. The van der Waals surface area contributed by atoms with Crippen LogP contribution < -0.4 is 10.6 Å². The lowest BCUT2D eigenvalue weighted by molar-refractivity contribution is -0.119. The normalized spacial score (nSPS) is 22.5. The maximum absolute atomic E-state index is 11.3. The van der Waals surface area contributed by atoms with Gasteiger partial charge < -0.3 is 10.6 Å². The van der Waals surface area contributed by atoms with Gasteiger partial charge in [0.25, 0.3) is 0 Å². The molecule has 0 saturated carbocycles. The summed E-state index contributed by atoms with van der Waals surface area (Å²) in [5.74, 6) is 1.66. The Bertz CT molecular complexity index is 266. The van der Waals surface area contributed by atoms with Crippen LogP contribution in [0.25, 0.3) is 0 Å². The highest BCUT2D eigenvalue weighted by Gasteiger charge is 2.22. The molecule has 92 valence electrons.